The monoisotopic (exact) mass is 276 g/mol. The normalized spacial score (nSPS) is 14.1. The molecule has 2 amide bonds. The Morgan fingerprint density at radius 2 is 2.10 bits per heavy atom. The Labute approximate surface area is 118 Å². The first-order valence-electron chi connectivity index (χ1n) is 6.94. The summed E-state index contributed by atoms with van der Waals surface area (Å²) in [5.74, 6) is -0.149. The van der Waals surface area contributed by atoms with Gasteiger partial charge in [-0.25, -0.2) is 0 Å². The number of aliphatic hydroxyl groups excluding tert-OH is 1. The molecular weight excluding hydrogens is 256 g/mol. The topological polar surface area (TPSA) is 60.9 Å². The SMILES string of the molecule is CCN(CCO)C(=O)CN1C(=O)CCc2ccccc21. The highest BCUT2D eigenvalue weighted by Gasteiger charge is 2.26. The lowest BCUT2D eigenvalue weighted by Gasteiger charge is -2.31. The van der Waals surface area contributed by atoms with Crippen LogP contribution in [0.3, 0.4) is 0 Å². The molecule has 1 aromatic carbocycles. The predicted molar refractivity (Wildman–Crippen MR) is 76.5 cm³/mol. The Balaban J connectivity index is 2.16. The van der Waals surface area contributed by atoms with Crippen LogP contribution in [0, 0.1) is 0 Å². The van der Waals surface area contributed by atoms with E-state index in [-0.39, 0.29) is 25.0 Å². The molecule has 0 spiro atoms. The van der Waals surface area contributed by atoms with Gasteiger partial charge in [0.2, 0.25) is 11.8 Å². The van der Waals surface area contributed by atoms with E-state index in [0.29, 0.717) is 19.5 Å². The number of likely N-dealkylation sites (N-methyl/N-ethyl adjacent to an activating group) is 1. The summed E-state index contributed by atoms with van der Waals surface area (Å²) in [4.78, 5) is 27.4. The van der Waals surface area contributed by atoms with Crippen molar-refractivity contribution in [3.05, 3.63) is 29.8 Å². The molecule has 0 atom stereocenters. The third kappa shape index (κ3) is 2.99. The van der Waals surface area contributed by atoms with Gasteiger partial charge >= 0.3 is 0 Å². The Morgan fingerprint density at radius 3 is 2.80 bits per heavy atom. The summed E-state index contributed by atoms with van der Waals surface area (Å²) in [5.41, 5.74) is 1.93. The summed E-state index contributed by atoms with van der Waals surface area (Å²) in [6.07, 6.45) is 1.17. The minimum atomic E-state index is -0.133. The molecule has 5 heteroatoms. The largest absolute Gasteiger partial charge is 0.395 e. The number of carbonyl (C=O) groups excluding carboxylic acids is 2. The Morgan fingerprint density at radius 1 is 1.35 bits per heavy atom. The van der Waals surface area contributed by atoms with E-state index in [1.807, 2.05) is 31.2 Å². The maximum Gasteiger partial charge on any atom is 0.242 e. The molecule has 1 N–H and O–H groups in total. The average Bonchev–Trinajstić information content (AvgIpc) is 2.47. The van der Waals surface area contributed by atoms with E-state index in [0.717, 1.165) is 17.7 Å². The van der Waals surface area contributed by atoms with Crippen LogP contribution in [0.15, 0.2) is 24.3 Å². The minimum Gasteiger partial charge on any atom is -0.395 e. The van der Waals surface area contributed by atoms with Crippen LogP contribution < -0.4 is 4.90 Å². The number of fused-ring (bicyclic) bond motifs is 1. The molecule has 0 unspecified atom stereocenters. The molecule has 0 radical (unpaired) electrons. The highest BCUT2D eigenvalue weighted by molar-refractivity contribution is 6.01. The zero-order valence-electron chi connectivity index (χ0n) is 11.7. The number of benzene rings is 1. The molecule has 108 valence electrons. The smallest absolute Gasteiger partial charge is 0.242 e. The molecule has 1 heterocycles. The summed E-state index contributed by atoms with van der Waals surface area (Å²) in [5, 5.41) is 8.96. The first-order chi connectivity index (χ1) is 9.67. The Kier molecular flexibility index (Phi) is 4.74. The number of aliphatic hydroxyl groups is 1. The molecule has 0 fully saturated rings. The number of carbonyl (C=O) groups is 2. The van der Waals surface area contributed by atoms with Gasteiger partial charge in [-0.15, -0.1) is 0 Å². The Bertz CT molecular complexity index is 502. The van der Waals surface area contributed by atoms with Gasteiger partial charge in [0.25, 0.3) is 0 Å². The van der Waals surface area contributed by atoms with Crippen molar-refractivity contribution in [3.8, 4) is 0 Å². The molecule has 0 saturated carbocycles. The van der Waals surface area contributed by atoms with Gasteiger partial charge in [0.15, 0.2) is 0 Å². The lowest BCUT2D eigenvalue weighted by atomic mass is 10.0. The number of para-hydroxylation sites is 1. The van der Waals surface area contributed by atoms with Crippen LogP contribution in [0.4, 0.5) is 5.69 Å². The van der Waals surface area contributed by atoms with E-state index >= 15 is 0 Å². The molecule has 1 aliphatic rings. The van der Waals surface area contributed by atoms with E-state index in [1.165, 1.54) is 0 Å². The van der Waals surface area contributed by atoms with Gasteiger partial charge in [-0.3, -0.25) is 9.59 Å². The maximum absolute atomic E-state index is 12.2. The van der Waals surface area contributed by atoms with Crippen molar-refractivity contribution < 1.29 is 14.7 Å². The predicted octanol–water partition coefficient (Wildman–Crippen LogP) is 0.807. The zero-order chi connectivity index (χ0) is 14.5. The van der Waals surface area contributed by atoms with Crippen molar-refractivity contribution in [2.45, 2.75) is 19.8 Å². The summed E-state index contributed by atoms with van der Waals surface area (Å²) in [6, 6.07) is 7.69. The van der Waals surface area contributed by atoms with Gasteiger partial charge in [-0.1, -0.05) is 18.2 Å². The first kappa shape index (κ1) is 14.5. The van der Waals surface area contributed by atoms with E-state index in [2.05, 4.69) is 0 Å². The highest BCUT2D eigenvalue weighted by atomic mass is 16.3. The fourth-order valence-electron chi connectivity index (χ4n) is 2.48. The molecule has 20 heavy (non-hydrogen) atoms. The van der Waals surface area contributed by atoms with Crippen LogP contribution in [0.2, 0.25) is 0 Å². The molecule has 1 aromatic rings. The molecule has 2 rings (SSSR count). The molecule has 0 aromatic heterocycles. The molecule has 5 nitrogen and oxygen atoms in total. The van der Waals surface area contributed by atoms with Crippen LogP contribution in [-0.4, -0.2) is 48.1 Å². The van der Waals surface area contributed by atoms with Gasteiger partial charge in [0, 0.05) is 25.2 Å². The number of aryl methyl sites for hydroxylation is 1. The second-order valence-corrected chi connectivity index (χ2v) is 4.81. The third-order valence-electron chi connectivity index (χ3n) is 3.59. The molecule has 0 aliphatic carbocycles. The fourth-order valence-corrected chi connectivity index (χ4v) is 2.48. The minimum absolute atomic E-state index is 0.0166. The lowest BCUT2D eigenvalue weighted by Crippen LogP contribution is -2.45. The van der Waals surface area contributed by atoms with Crippen LogP contribution in [-0.2, 0) is 16.0 Å². The van der Waals surface area contributed by atoms with Gasteiger partial charge < -0.3 is 14.9 Å². The van der Waals surface area contributed by atoms with Crippen molar-refractivity contribution in [2.24, 2.45) is 0 Å². The summed E-state index contributed by atoms with van der Waals surface area (Å²) in [6.45, 7) is 2.68. The number of nitrogens with zero attached hydrogens (tertiary/aromatic N) is 2. The molecule has 1 aliphatic heterocycles. The van der Waals surface area contributed by atoms with E-state index in [4.69, 9.17) is 5.11 Å². The number of anilines is 1. The number of hydrogen-bond donors (Lipinski definition) is 1. The van der Waals surface area contributed by atoms with Crippen molar-refractivity contribution in [3.63, 3.8) is 0 Å². The van der Waals surface area contributed by atoms with Crippen molar-refractivity contribution in [1.29, 1.82) is 0 Å². The second kappa shape index (κ2) is 6.52. The summed E-state index contributed by atoms with van der Waals surface area (Å²) < 4.78 is 0. The molecular formula is C15H20N2O3. The van der Waals surface area contributed by atoms with E-state index < -0.39 is 0 Å². The van der Waals surface area contributed by atoms with Crippen LogP contribution in [0.25, 0.3) is 0 Å². The quantitative estimate of drug-likeness (QED) is 0.865. The average molecular weight is 276 g/mol. The number of hydrogen-bond acceptors (Lipinski definition) is 3. The number of amides is 2. The number of rotatable bonds is 5. The van der Waals surface area contributed by atoms with Crippen LogP contribution >= 0.6 is 0 Å². The lowest BCUT2D eigenvalue weighted by molar-refractivity contribution is -0.131. The van der Waals surface area contributed by atoms with Crippen molar-refractivity contribution in [1.82, 2.24) is 4.90 Å². The van der Waals surface area contributed by atoms with Gasteiger partial charge in [0.1, 0.15) is 6.54 Å². The van der Waals surface area contributed by atoms with Gasteiger partial charge in [-0.05, 0) is 25.0 Å². The maximum atomic E-state index is 12.2. The third-order valence-corrected chi connectivity index (χ3v) is 3.59. The second-order valence-electron chi connectivity index (χ2n) is 4.81. The van der Waals surface area contributed by atoms with Gasteiger partial charge in [-0.2, -0.15) is 0 Å². The summed E-state index contributed by atoms with van der Waals surface area (Å²) >= 11 is 0. The standard InChI is InChI=1S/C15H20N2O3/c1-2-16(9-10-18)15(20)11-17-13-6-4-3-5-12(13)7-8-14(17)19/h3-6,18H,2,7-11H2,1H3. The molecule has 0 bridgehead atoms. The zero-order valence-corrected chi connectivity index (χ0v) is 11.7. The van der Waals surface area contributed by atoms with E-state index in [9.17, 15) is 9.59 Å². The first-order valence-corrected chi connectivity index (χ1v) is 6.94. The Hall–Kier alpha value is -1.88. The van der Waals surface area contributed by atoms with Crippen molar-refractivity contribution >= 4 is 17.5 Å². The van der Waals surface area contributed by atoms with Gasteiger partial charge in [0.05, 0.1) is 6.61 Å². The van der Waals surface area contributed by atoms with Crippen LogP contribution in [0.5, 0.6) is 0 Å². The summed E-state index contributed by atoms with van der Waals surface area (Å²) in [7, 11) is 0. The highest BCUT2D eigenvalue weighted by Crippen LogP contribution is 2.27. The van der Waals surface area contributed by atoms with E-state index in [1.54, 1.807) is 9.80 Å². The molecule has 0 saturated heterocycles. The van der Waals surface area contributed by atoms with Crippen LogP contribution in [0.1, 0.15) is 18.9 Å². The van der Waals surface area contributed by atoms with Crippen molar-refractivity contribution in [2.75, 3.05) is 31.1 Å². The fraction of sp³-hybridized carbons (Fsp3) is 0.467.